The zero-order valence-corrected chi connectivity index (χ0v) is 15.8. The zero-order valence-electron chi connectivity index (χ0n) is 15.8. The number of ether oxygens (including phenoxy) is 3. The highest BCUT2D eigenvalue weighted by Crippen LogP contribution is 2.29. The van der Waals surface area contributed by atoms with Crippen LogP contribution in [0.25, 0.3) is 0 Å². The maximum Gasteiger partial charge on any atom is 0.161 e. The van der Waals surface area contributed by atoms with Crippen LogP contribution in [-0.2, 0) is 17.9 Å². The van der Waals surface area contributed by atoms with Gasteiger partial charge in [-0.25, -0.2) is 0 Å². The van der Waals surface area contributed by atoms with Crippen LogP contribution in [0.4, 0.5) is 0 Å². The van der Waals surface area contributed by atoms with Crippen molar-refractivity contribution < 1.29 is 14.2 Å². The van der Waals surface area contributed by atoms with E-state index in [2.05, 4.69) is 48.6 Å². The molecular weight excluding hydrogens is 326 g/mol. The predicted molar refractivity (Wildman–Crippen MR) is 104 cm³/mol. The highest BCUT2D eigenvalue weighted by atomic mass is 16.5. The molecule has 0 unspecified atom stereocenters. The van der Waals surface area contributed by atoms with Crippen molar-refractivity contribution in [2.45, 2.75) is 45.9 Å². The Bertz CT molecular complexity index is 696. The first kappa shape index (κ1) is 18.7. The average Bonchev–Trinajstić information content (AvgIpc) is 3.15. The summed E-state index contributed by atoms with van der Waals surface area (Å²) in [6.07, 6.45) is 2.69. The SMILES string of the molecule is CCOc1cc(CNC[C@@H]2CCCO2)ccc1OCc1cccc(C)c1. The van der Waals surface area contributed by atoms with Gasteiger partial charge in [0, 0.05) is 19.7 Å². The van der Waals surface area contributed by atoms with Crippen LogP contribution in [-0.4, -0.2) is 25.9 Å². The molecule has 1 aliphatic rings. The predicted octanol–water partition coefficient (Wildman–Crippen LogP) is 4.24. The van der Waals surface area contributed by atoms with Crippen LogP contribution in [0.2, 0.25) is 0 Å². The summed E-state index contributed by atoms with van der Waals surface area (Å²) in [6, 6.07) is 14.5. The lowest BCUT2D eigenvalue weighted by Gasteiger charge is -2.15. The van der Waals surface area contributed by atoms with Gasteiger partial charge < -0.3 is 19.5 Å². The van der Waals surface area contributed by atoms with Crippen LogP contribution in [0.1, 0.15) is 36.5 Å². The minimum atomic E-state index is 0.360. The van der Waals surface area contributed by atoms with E-state index in [4.69, 9.17) is 14.2 Å². The van der Waals surface area contributed by atoms with Crippen LogP contribution < -0.4 is 14.8 Å². The van der Waals surface area contributed by atoms with Crippen LogP contribution in [0, 0.1) is 6.92 Å². The minimum Gasteiger partial charge on any atom is -0.490 e. The molecular formula is C22H29NO3. The Morgan fingerprint density at radius 2 is 2.00 bits per heavy atom. The lowest BCUT2D eigenvalue weighted by Crippen LogP contribution is -2.25. The monoisotopic (exact) mass is 355 g/mol. The Morgan fingerprint density at radius 3 is 2.77 bits per heavy atom. The molecule has 0 bridgehead atoms. The quantitative estimate of drug-likeness (QED) is 0.730. The molecule has 0 aliphatic carbocycles. The van der Waals surface area contributed by atoms with Crippen molar-refractivity contribution in [2.75, 3.05) is 19.8 Å². The first-order chi connectivity index (χ1) is 12.7. The van der Waals surface area contributed by atoms with E-state index in [0.717, 1.165) is 43.2 Å². The van der Waals surface area contributed by atoms with Crippen molar-refractivity contribution in [3.05, 3.63) is 59.2 Å². The third kappa shape index (κ3) is 5.48. The van der Waals surface area contributed by atoms with Crippen molar-refractivity contribution in [3.8, 4) is 11.5 Å². The number of nitrogens with one attached hydrogen (secondary N) is 1. The molecule has 1 aliphatic heterocycles. The van der Waals surface area contributed by atoms with E-state index in [1.165, 1.54) is 17.5 Å². The Kier molecular flexibility index (Phi) is 6.92. The maximum atomic E-state index is 6.01. The average molecular weight is 355 g/mol. The van der Waals surface area contributed by atoms with Gasteiger partial charge in [0.1, 0.15) is 6.61 Å². The molecule has 0 saturated carbocycles. The van der Waals surface area contributed by atoms with Gasteiger partial charge in [-0.3, -0.25) is 0 Å². The first-order valence-corrected chi connectivity index (χ1v) is 9.51. The molecule has 0 radical (unpaired) electrons. The molecule has 0 aromatic heterocycles. The van der Waals surface area contributed by atoms with Gasteiger partial charge in [0.05, 0.1) is 12.7 Å². The second kappa shape index (κ2) is 9.60. The highest BCUT2D eigenvalue weighted by molar-refractivity contribution is 5.43. The van der Waals surface area contributed by atoms with Gasteiger partial charge in [-0.1, -0.05) is 35.9 Å². The van der Waals surface area contributed by atoms with Gasteiger partial charge in [0.15, 0.2) is 11.5 Å². The van der Waals surface area contributed by atoms with Gasteiger partial charge in [-0.05, 0) is 49.9 Å². The Hall–Kier alpha value is -2.04. The molecule has 26 heavy (non-hydrogen) atoms. The van der Waals surface area contributed by atoms with Gasteiger partial charge in [0.25, 0.3) is 0 Å². The molecule has 2 aromatic carbocycles. The summed E-state index contributed by atoms with van der Waals surface area (Å²) in [5.41, 5.74) is 3.59. The Balaban J connectivity index is 1.58. The summed E-state index contributed by atoms with van der Waals surface area (Å²) in [5.74, 6) is 1.59. The standard InChI is InChI=1S/C22H29NO3/c1-3-24-22-13-18(14-23-15-20-8-5-11-25-20)9-10-21(22)26-16-19-7-4-6-17(2)12-19/h4,6-7,9-10,12-13,20,23H,3,5,8,11,14-16H2,1-2H3/t20-/m0/s1. The van der Waals surface area contributed by atoms with Crippen molar-refractivity contribution in [2.24, 2.45) is 0 Å². The number of aryl methyl sites for hydroxylation is 1. The van der Waals surface area contributed by atoms with E-state index in [1.54, 1.807) is 0 Å². The molecule has 4 nitrogen and oxygen atoms in total. The topological polar surface area (TPSA) is 39.7 Å². The molecule has 140 valence electrons. The van der Waals surface area contributed by atoms with E-state index in [1.807, 2.05) is 13.0 Å². The molecule has 1 heterocycles. The van der Waals surface area contributed by atoms with E-state index in [-0.39, 0.29) is 0 Å². The smallest absolute Gasteiger partial charge is 0.161 e. The zero-order chi connectivity index (χ0) is 18.2. The fraction of sp³-hybridized carbons (Fsp3) is 0.455. The molecule has 3 rings (SSSR count). The maximum absolute atomic E-state index is 6.01. The molecule has 1 atom stereocenters. The largest absolute Gasteiger partial charge is 0.490 e. The van der Waals surface area contributed by atoms with Crippen molar-refractivity contribution in [3.63, 3.8) is 0 Å². The van der Waals surface area contributed by atoms with Gasteiger partial charge in [0.2, 0.25) is 0 Å². The summed E-state index contributed by atoms with van der Waals surface area (Å²) < 4.78 is 17.4. The number of hydrogen-bond donors (Lipinski definition) is 1. The summed E-state index contributed by atoms with van der Waals surface area (Å²) in [4.78, 5) is 0. The molecule has 1 N–H and O–H groups in total. The molecule has 1 fully saturated rings. The molecule has 2 aromatic rings. The lowest BCUT2D eigenvalue weighted by atomic mass is 10.1. The van der Waals surface area contributed by atoms with E-state index in [9.17, 15) is 0 Å². The van der Waals surface area contributed by atoms with Gasteiger partial charge >= 0.3 is 0 Å². The van der Waals surface area contributed by atoms with E-state index < -0.39 is 0 Å². The van der Waals surface area contributed by atoms with E-state index in [0.29, 0.717) is 19.3 Å². The number of hydrogen-bond acceptors (Lipinski definition) is 4. The third-order valence-electron chi connectivity index (χ3n) is 4.51. The lowest BCUT2D eigenvalue weighted by molar-refractivity contribution is 0.110. The van der Waals surface area contributed by atoms with Crippen molar-refractivity contribution >= 4 is 0 Å². The normalized spacial score (nSPS) is 16.6. The highest BCUT2D eigenvalue weighted by Gasteiger charge is 2.14. The first-order valence-electron chi connectivity index (χ1n) is 9.51. The summed E-state index contributed by atoms with van der Waals surface area (Å²) in [6.45, 7) is 7.84. The van der Waals surface area contributed by atoms with Crippen LogP contribution in [0.5, 0.6) is 11.5 Å². The Morgan fingerprint density at radius 1 is 1.08 bits per heavy atom. The third-order valence-corrected chi connectivity index (χ3v) is 4.51. The Labute approximate surface area is 156 Å². The van der Waals surface area contributed by atoms with Gasteiger partial charge in [-0.15, -0.1) is 0 Å². The number of rotatable bonds is 9. The second-order valence-corrected chi connectivity index (χ2v) is 6.76. The van der Waals surface area contributed by atoms with Crippen molar-refractivity contribution in [1.82, 2.24) is 5.32 Å². The summed E-state index contributed by atoms with van der Waals surface area (Å²) >= 11 is 0. The van der Waals surface area contributed by atoms with Crippen LogP contribution in [0.3, 0.4) is 0 Å². The molecule has 0 spiro atoms. The molecule has 0 amide bonds. The second-order valence-electron chi connectivity index (χ2n) is 6.76. The van der Waals surface area contributed by atoms with Gasteiger partial charge in [-0.2, -0.15) is 0 Å². The fourth-order valence-corrected chi connectivity index (χ4v) is 3.20. The fourth-order valence-electron chi connectivity index (χ4n) is 3.20. The summed E-state index contributed by atoms with van der Waals surface area (Å²) in [5, 5.41) is 3.48. The van der Waals surface area contributed by atoms with E-state index >= 15 is 0 Å². The van der Waals surface area contributed by atoms with Crippen molar-refractivity contribution in [1.29, 1.82) is 0 Å². The molecule has 1 saturated heterocycles. The minimum absolute atomic E-state index is 0.360. The molecule has 4 heteroatoms. The van der Waals surface area contributed by atoms with Crippen LogP contribution in [0.15, 0.2) is 42.5 Å². The number of benzene rings is 2. The summed E-state index contributed by atoms with van der Waals surface area (Å²) in [7, 11) is 0. The van der Waals surface area contributed by atoms with Crippen LogP contribution >= 0.6 is 0 Å².